The molecule has 1 aromatic heterocycles. The largest absolute Gasteiger partial charge is 0.379 e. The first-order chi connectivity index (χ1) is 10.5. The van der Waals surface area contributed by atoms with Crippen LogP contribution in [-0.2, 0) is 27.9 Å². The van der Waals surface area contributed by atoms with Crippen molar-refractivity contribution in [2.45, 2.75) is 12.5 Å². The fourth-order valence-corrected chi connectivity index (χ4v) is 2.63. The van der Waals surface area contributed by atoms with Crippen LogP contribution >= 0.6 is 0 Å². The average molecular weight is 311 g/mol. The van der Waals surface area contributed by atoms with Gasteiger partial charge in [0.1, 0.15) is 12.3 Å². The number of likely N-dealkylation sites (N-methyl/N-ethyl adjacent to an activating group) is 1. The summed E-state index contributed by atoms with van der Waals surface area (Å²) in [6, 6.07) is 0. The summed E-state index contributed by atoms with van der Waals surface area (Å²) < 4.78 is 12.5. The van der Waals surface area contributed by atoms with Gasteiger partial charge in [-0.25, -0.2) is 0 Å². The zero-order valence-corrected chi connectivity index (χ0v) is 13.8. The number of carbonyl (C=O) groups is 1. The molecule has 124 valence electrons. The van der Waals surface area contributed by atoms with Crippen LogP contribution < -0.4 is 0 Å². The molecule has 0 saturated carbocycles. The number of methoxy groups -OCH3 is 1. The third kappa shape index (κ3) is 4.02. The van der Waals surface area contributed by atoms with E-state index in [1.165, 1.54) is 7.11 Å². The monoisotopic (exact) mass is 311 g/mol. The topological polar surface area (TPSA) is 72.7 Å². The lowest BCUT2D eigenvalue weighted by Gasteiger charge is -2.32. The van der Waals surface area contributed by atoms with Crippen molar-refractivity contribution in [1.82, 2.24) is 24.8 Å². The van der Waals surface area contributed by atoms with E-state index in [-0.39, 0.29) is 18.4 Å². The Labute approximate surface area is 131 Å². The Balaban J connectivity index is 2.02. The van der Waals surface area contributed by atoms with E-state index in [0.29, 0.717) is 26.3 Å². The number of ether oxygens (including phenoxy) is 2. The van der Waals surface area contributed by atoms with Crippen molar-refractivity contribution in [2.75, 3.05) is 54.1 Å². The Morgan fingerprint density at radius 1 is 1.45 bits per heavy atom. The first kappa shape index (κ1) is 16.9. The molecule has 0 fully saturated rings. The maximum atomic E-state index is 12.1. The van der Waals surface area contributed by atoms with Crippen molar-refractivity contribution in [1.29, 1.82) is 0 Å². The van der Waals surface area contributed by atoms with E-state index in [1.54, 1.807) is 9.58 Å². The summed E-state index contributed by atoms with van der Waals surface area (Å²) in [5, 5.41) is 8.25. The molecular formula is C14H25N5O3. The predicted molar refractivity (Wildman–Crippen MR) is 80.4 cm³/mol. The molecule has 1 unspecified atom stereocenters. The first-order valence-electron chi connectivity index (χ1n) is 7.40. The minimum atomic E-state index is -0.0305. The Morgan fingerprint density at radius 2 is 2.23 bits per heavy atom. The van der Waals surface area contributed by atoms with Crippen molar-refractivity contribution >= 4 is 5.91 Å². The molecule has 1 amide bonds. The molecule has 8 heteroatoms. The van der Waals surface area contributed by atoms with Gasteiger partial charge in [-0.3, -0.25) is 9.48 Å². The molecule has 2 rings (SSSR count). The zero-order valence-electron chi connectivity index (χ0n) is 13.8. The number of fused-ring (bicyclic) bond motifs is 1. The highest BCUT2D eigenvalue weighted by Gasteiger charge is 2.32. The SMILES string of the molecule is COCC(=O)N1Cc2nnn(C)c2C(COCCN(C)C)C1. The summed E-state index contributed by atoms with van der Waals surface area (Å²) in [7, 11) is 7.43. The maximum absolute atomic E-state index is 12.1. The summed E-state index contributed by atoms with van der Waals surface area (Å²) in [6.45, 7) is 3.27. The number of hydrogen-bond donors (Lipinski definition) is 0. The van der Waals surface area contributed by atoms with Gasteiger partial charge in [0.2, 0.25) is 5.91 Å². The van der Waals surface area contributed by atoms with E-state index in [2.05, 4.69) is 15.2 Å². The van der Waals surface area contributed by atoms with Crippen LogP contribution in [0.15, 0.2) is 0 Å². The van der Waals surface area contributed by atoms with Crippen molar-refractivity contribution in [3.05, 3.63) is 11.4 Å². The number of aromatic nitrogens is 3. The summed E-state index contributed by atoms with van der Waals surface area (Å²) in [5.41, 5.74) is 1.91. The molecule has 0 radical (unpaired) electrons. The molecule has 0 N–H and O–H groups in total. The van der Waals surface area contributed by atoms with Gasteiger partial charge in [-0.1, -0.05) is 5.21 Å². The summed E-state index contributed by atoms with van der Waals surface area (Å²) in [5.74, 6) is 0.0591. The van der Waals surface area contributed by atoms with Gasteiger partial charge < -0.3 is 19.3 Å². The van der Waals surface area contributed by atoms with E-state index in [0.717, 1.165) is 17.9 Å². The molecule has 1 atom stereocenters. The van der Waals surface area contributed by atoms with E-state index in [9.17, 15) is 4.79 Å². The van der Waals surface area contributed by atoms with E-state index in [4.69, 9.17) is 9.47 Å². The van der Waals surface area contributed by atoms with Crippen molar-refractivity contribution in [2.24, 2.45) is 7.05 Å². The number of amides is 1. The van der Waals surface area contributed by atoms with Crippen LogP contribution in [-0.4, -0.2) is 84.8 Å². The van der Waals surface area contributed by atoms with Crippen LogP contribution in [0, 0.1) is 0 Å². The standard InChI is InChI=1S/C14H25N5O3/c1-17(2)5-6-22-9-11-7-19(13(20)10-21-4)8-12-14(11)18(3)16-15-12/h11H,5-10H2,1-4H3. The summed E-state index contributed by atoms with van der Waals surface area (Å²) >= 11 is 0. The molecule has 0 aromatic carbocycles. The Bertz CT molecular complexity index is 503. The number of hydrogen-bond acceptors (Lipinski definition) is 6. The second-order valence-electron chi connectivity index (χ2n) is 5.83. The molecule has 0 saturated heterocycles. The second-order valence-corrected chi connectivity index (χ2v) is 5.83. The highest BCUT2D eigenvalue weighted by molar-refractivity contribution is 5.77. The van der Waals surface area contributed by atoms with Gasteiger partial charge in [0, 0.05) is 33.2 Å². The van der Waals surface area contributed by atoms with Crippen LogP contribution in [0.2, 0.25) is 0 Å². The van der Waals surface area contributed by atoms with Crippen LogP contribution in [0.3, 0.4) is 0 Å². The average Bonchev–Trinajstić information content (AvgIpc) is 2.85. The van der Waals surface area contributed by atoms with Gasteiger partial charge in [-0.15, -0.1) is 5.10 Å². The predicted octanol–water partition coefficient (Wildman–Crippen LogP) is -0.534. The normalized spacial score (nSPS) is 17.9. The molecule has 22 heavy (non-hydrogen) atoms. The highest BCUT2D eigenvalue weighted by Crippen LogP contribution is 2.26. The minimum Gasteiger partial charge on any atom is -0.379 e. The van der Waals surface area contributed by atoms with Crippen molar-refractivity contribution in [3.63, 3.8) is 0 Å². The van der Waals surface area contributed by atoms with Gasteiger partial charge in [0.25, 0.3) is 0 Å². The van der Waals surface area contributed by atoms with Crippen LogP contribution in [0.25, 0.3) is 0 Å². The molecule has 8 nitrogen and oxygen atoms in total. The zero-order chi connectivity index (χ0) is 16.1. The Morgan fingerprint density at radius 3 is 2.91 bits per heavy atom. The minimum absolute atomic E-state index is 0.0305. The fourth-order valence-electron chi connectivity index (χ4n) is 2.63. The van der Waals surface area contributed by atoms with Gasteiger partial charge in [-0.2, -0.15) is 0 Å². The summed E-state index contributed by atoms with van der Waals surface area (Å²) in [6.07, 6.45) is 0. The first-order valence-corrected chi connectivity index (χ1v) is 7.40. The summed E-state index contributed by atoms with van der Waals surface area (Å²) in [4.78, 5) is 15.9. The molecule has 0 aliphatic carbocycles. The van der Waals surface area contributed by atoms with Gasteiger partial charge in [0.15, 0.2) is 0 Å². The number of rotatable bonds is 7. The van der Waals surface area contributed by atoms with Crippen LogP contribution in [0.4, 0.5) is 0 Å². The molecule has 2 heterocycles. The van der Waals surface area contributed by atoms with Crippen LogP contribution in [0.5, 0.6) is 0 Å². The van der Waals surface area contributed by atoms with Crippen LogP contribution in [0.1, 0.15) is 17.3 Å². The van der Waals surface area contributed by atoms with Gasteiger partial charge in [0.05, 0.1) is 25.5 Å². The third-order valence-electron chi connectivity index (χ3n) is 3.73. The lowest BCUT2D eigenvalue weighted by Crippen LogP contribution is -2.41. The molecule has 1 aliphatic rings. The molecule has 1 aliphatic heterocycles. The molecule has 0 spiro atoms. The lowest BCUT2D eigenvalue weighted by molar-refractivity contribution is -0.136. The lowest BCUT2D eigenvalue weighted by atomic mass is 9.99. The molecule has 1 aromatic rings. The Kier molecular flexibility index (Phi) is 5.87. The number of aryl methyl sites for hydroxylation is 1. The second kappa shape index (κ2) is 7.66. The van der Waals surface area contributed by atoms with Crippen molar-refractivity contribution in [3.8, 4) is 0 Å². The fraction of sp³-hybridized carbons (Fsp3) is 0.786. The van der Waals surface area contributed by atoms with E-state index >= 15 is 0 Å². The number of nitrogens with zero attached hydrogens (tertiary/aromatic N) is 5. The van der Waals surface area contributed by atoms with E-state index in [1.807, 2.05) is 21.1 Å². The quantitative estimate of drug-likeness (QED) is 0.630. The number of carbonyl (C=O) groups excluding carboxylic acids is 1. The smallest absolute Gasteiger partial charge is 0.248 e. The maximum Gasteiger partial charge on any atom is 0.248 e. The van der Waals surface area contributed by atoms with Crippen molar-refractivity contribution < 1.29 is 14.3 Å². The molecular weight excluding hydrogens is 286 g/mol. The highest BCUT2D eigenvalue weighted by atomic mass is 16.5. The third-order valence-corrected chi connectivity index (χ3v) is 3.73. The van der Waals surface area contributed by atoms with Gasteiger partial charge in [-0.05, 0) is 14.1 Å². The van der Waals surface area contributed by atoms with E-state index < -0.39 is 0 Å². The Hall–Kier alpha value is -1.51. The van der Waals surface area contributed by atoms with Gasteiger partial charge >= 0.3 is 0 Å². The molecule has 0 bridgehead atoms.